The fraction of sp³-hybridized carbons (Fsp3) is 0.571. The zero-order valence-corrected chi connectivity index (χ0v) is 11.7. The standard InChI is InChI=1S/C14H22N4O/c1-3-17(4-2)12-6-8-18(10-12)14(19)11-5-7-16-13(15)9-11/h5,7,9,12H,3-4,6,8,10H2,1-2H3,(H2,15,16). The van der Waals surface area contributed by atoms with Crippen LogP contribution < -0.4 is 5.73 Å². The van der Waals surface area contributed by atoms with E-state index in [-0.39, 0.29) is 5.91 Å². The van der Waals surface area contributed by atoms with Crippen LogP contribution in [0.3, 0.4) is 0 Å². The number of nitrogen functional groups attached to an aromatic ring is 1. The van der Waals surface area contributed by atoms with Crippen LogP contribution in [0.1, 0.15) is 30.6 Å². The van der Waals surface area contributed by atoms with Crippen molar-refractivity contribution in [2.45, 2.75) is 26.3 Å². The molecule has 0 aliphatic carbocycles. The molecule has 0 radical (unpaired) electrons. The van der Waals surface area contributed by atoms with Crippen molar-refractivity contribution in [2.75, 3.05) is 31.9 Å². The van der Waals surface area contributed by atoms with Gasteiger partial charge in [-0.15, -0.1) is 0 Å². The van der Waals surface area contributed by atoms with Crippen molar-refractivity contribution in [3.8, 4) is 0 Å². The van der Waals surface area contributed by atoms with E-state index in [4.69, 9.17) is 5.73 Å². The molecule has 1 fully saturated rings. The van der Waals surface area contributed by atoms with E-state index in [1.54, 1.807) is 18.3 Å². The number of rotatable bonds is 4. The zero-order chi connectivity index (χ0) is 13.8. The molecule has 0 aromatic carbocycles. The van der Waals surface area contributed by atoms with Gasteiger partial charge in [0.1, 0.15) is 5.82 Å². The van der Waals surface area contributed by atoms with Gasteiger partial charge in [0.15, 0.2) is 0 Å². The van der Waals surface area contributed by atoms with Crippen molar-refractivity contribution in [1.29, 1.82) is 0 Å². The van der Waals surface area contributed by atoms with Crippen molar-refractivity contribution in [1.82, 2.24) is 14.8 Å². The number of hydrogen-bond acceptors (Lipinski definition) is 4. The fourth-order valence-corrected chi connectivity index (χ4v) is 2.73. The second-order valence-corrected chi connectivity index (χ2v) is 4.88. The van der Waals surface area contributed by atoms with Crippen LogP contribution in [0.2, 0.25) is 0 Å². The summed E-state index contributed by atoms with van der Waals surface area (Å²) < 4.78 is 0. The number of hydrogen-bond donors (Lipinski definition) is 1. The third-order valence-electron chi connectivity index (χ3n) is 3.81. The van der Waals surface area contributed by atoms with Crippen LogP contribution in [-0.4, -0.2) is 52.9 Å². The van der Waals surface area contributed by atoms with Gasteiger partial charge in [-0.3, -0.25) is 9.69 Å². The molecule has 2 N–H and O–H groups in total. The Kier molecular flexibility index (Phi) is 4.37. The molecule has 0 saturated carbocycles. The minimum absolute atomic E-state index is 0.0590. The molecule has 0 bridgehead atoms. The van der Waals surface area contributed by atoms with Gasteiger partial charge in [-0.1, -0.05) is 13.8 Å². The van der Waals surface area contributed by atoms with Gasteiger partial charge in [-0.2, -0.15) is 0 Å². The third-order valence-corrected chi connectivity index (χ3v) is 3.81. The quantitative estimate of drug-likeness (QED) is 0.886. The first-order valence-electron chi connectivity index (χ1n) is 6.90. The summed E-state index contributed by atoms with van der Waals surface area (Å²) in [5.74, 6) is 0.453. The number of carbonyl (C=O) groups excluding carboxylic acids is 1. The molecule has 104 valence electrons. The molecule has 5 heteroatoms. The molecular weight excluding hydrogens is 240 g/mol. The molecule has 0 spiro atoms. The Balaban J connectivity index is 2.02. The fourth-order valence-electron chi connectivity index (χ4n) is 2.73. The van der Waals surface area contributed by atoms with E-state index in [0.717, 1.165) is 32.6 Å². The smallest absolute Gasteiger partial charge is 0.254 e. The van der Waals surface area contributed by atoms with Gasteiger partial charge >= 0.3 is 0 Å². The van der Waals surface area contributed by atoms with Crippen LogP contribution in [0, 0.1) is 0 Å². The summed E-state index contributed by atoms with van der Waals surface area (Å²) in [6.07, 6.45) is 2.63. The van der Waals surface area contributed by atoms with Crippen molar-refractivity contribution < 1.29 is 4.79 Å². The Hall–Kier alpha value is -1.62. The van der Waals surface area contributed by atoms with Crippen LogP contribution in [-0.2, 0) is 0 Å². The molecule has 1 saturated heterocycles. The first-order valence-corrected chi connectivity index (χ1v) is 6.90. The number of pyridine rings is 1. The molecule has 1 aliphatic rings. The molecule has 1 amide bonds. The Bertz CT molecular complexity index is 445. The molecule has 1 aromatic rings. The number of aromatic nitrogens is 1. The predicted molar refractivity (Wildman–Crippen MR) is 75.9 cm³/mol. The number of carbonyl (C=O) groups is 1. The minimum Gasteiger partial charge on any atom is -0.384 e. The molecule has 1 aromatic heterocycles. The summed E-state index contributed by atoms with van der Waals surface area (Å²) in [4.78, 5) is 20.6. The Labute approximate surface area is 114 Å². The second-order valence-electron chi connectivity index (χ2n) is 4.88. The van der Waals surface area contributed by atoms with Crippen LogP contribution in [0.4, 0.5) is 5.82 Å². The van der Waals surface area contributed by atoms with Crippen LogP contribution in [0.15, 0.2) is 18.3 Å². The molecule has 5 nitrogen and oxygen atoms in total. The lowest BCUT2D eigenvalue weighted by Crippen LogP contribution is -2.38. The lowest BCUT2D eigenvalue weighted by Gasteiger charge is -2.26. The Morgan fingerprint density at radius 2 is 2.26 bits per heavy atom. The topological polar surface area (TPSA) is 62.5 Å². The van der Waals surface area contributed by atoms with E-state index in [1.807, 2.05) is 4.90 Å². The number of amides is 1. The second kappa shape index (κ2) is 6.02. The Morgan fingerprint density at radius 3 is 2.89 bits per heavy atom. The highest BCUT2D eigenvalue weighted by atomic mass is 16.2. The SMILES string of the molecule is CCN(CC)C1CCN(C(=O)c2ccnc(N)c2)C1. The highest BCUT2D eigenvalue weighted by Crippen LogP contribution is 2.18. The lowest BCUT2D eigenvalue weighted by atomic mass is 10.2. The number of nitrogens with zero attached hydrogens (tertiary/aromatic N) is 3. The first kappa shape index (κ1) is 13.8. The average molecular weight is 262 g/mol. The van der Waals surface area contributed by atoms with Crippen LogP contribution in [0.25, 0.3) is 0 Å². The third kappa shape index (κ3) is 3.04. The molecule has 1 unspecified atom stereocenters. The summed E-state index contributed by atoms with van der Waals surface area (Å²) in [6.45, 7) is 8.02. The maximum Gasteiger partial charge on any atom is 0.254 e. The van der Waals surface area contributed by atoms with Gasteiger partial charge in [0.2, 0.25) is 0 Å². The summed E-state index contributed by atoms with van der Waals surface area (Å²) >= 11 is 0. The van der Waals surface area contributed by atoms with Gasteiger partial charge in [-0.25, -0.2) is 4.98 Å². The number of nitrogens with two attached hydrogens (primary N) is 1. The van der Waals surface area contributed by atoms with E-state index < -0.39 is 0 Å². The zero-order valence-electron chi connectivity index (χ0n) is 11.7. The van der Waals surface area contributed by atoms with Gasteiger partial charge in [-0.05, 0) is 31.6 Å². The van der Waals surface area contributed by atoms with Crippen molar-refractivity contribution in [2.24, 2.45) is 0 Å². The molecule has 2 heterocycles. The van der Waals surface area contributed by atoms with Crippen LogP contribution >= 0.6 is 0 Å². The maximum atomic E-state index is 12.4. The summed E-state index contributed by atoms with van der Waals surface area (Å²) in [6, 6.07) is 3.86. The van der Waals surface area contributed by atoms with E-state index in [2.05, 4.69) is 23.7 Å². The van der Waals surface area contributed by atoms with Crippen molar-refractivity contribution in [3.63, 3.8) is 0 Å². The average Bonchev–Trinajstić information content (AvgIpc) is 2.89. The van der Waals surface area contributed by atoms with Crippen LogP contribution in [0.5, 0.6) is 0 Å². The summed E-state index contributed by atoms with van der Waals surface area (Å²) in [7, 11) is 0. The Morgan fingerprint density at radius 1 is 1.53 bits per heavy atom. The minimum atomic E-state index is 0.0590. The highest BCUT2D eigenvalue weighted by molar-refractivity contribution is 5.94. The largest absolute Gasteiger partial charge is 0.384 e. The molecule has 1 aliphatic heterocycles. The number of likely N-dealkylation sites (N-methyl/N-ethyl adjacent to an activating group) is 1. The van der Waals surface area contributed by atoms with E-state index in [1.165, 1.54) is 0 Å². The predicted octanol–water partition coefficient (Wildman–Crippen LogP) is 1.22. The number of anilines is 1. The number of likely N-dealkylation sites (tertiary alicyclic amines) is 1. The van der Waals surface area contributed by atoms with Crippen molar-refractivity contribution >= 4 is 11.7 Å². The van der Waals surface area contributed by atoms with Crippen molar-refractivity contribution in [3.05, 3.63) is 23.9 Å². The molecule has 1 atom stereocenters. The normalized spacial score (nSPS) is 19.1. The molecule has 19 heavy (non-hydrogen) atoms. The van der Waals surface area contributed by atoms with Gasteiger partial charge in [0.25, 0.3) is 5.91 Å². The van der Waals surface area contributed by atoms with Gasteiger partial charge in [0.05, 0.1) is 0 Å². The maximum absolute atomic E-state index is 12.4. The first-order chi connectivity index (χ1) is 9.15. The van der Waals surface area contributed by atoms with E-state index >= 15 is 0 Å². The van der Waals surface area contributed by atoms with E-state index in [0.29, 0.717) is 17.4 Å². The lowest BCUT2D eigenvalue weighted by molar-refractivity contribution is 0.0778. The van der Waals surface area contributed by atoms with E-state index in [9.17, 15) is 4.79 Å². The van der Waals surface area contributed by atoms with Gasteiger partial charge < -0.3 is 10.6 Å². The molecule has 2 rings (SSSR count). The summed E-state index contributed by atoms with van der Waals surface area (Å²) in [5, 5.41) is 0. The highest BCUT2D eigenvalue weighted by Gasteiger charge is 2.29. The molecular formula is C14H22N4O. The van der Waals surface area contributed by atoms with Gasteiger partial charge in [0, 0.05) is 30.9 Å². The summed E-state index contributed by atoms with van der Waals surface area (Å²) in [5.41, 5.74) is 6.26. The monoisotopic (exact) mass is 262 g/mol.